The smallest absolute Gasteiger partial charge is 0.254 e. The Balaban J connectivity index is 2.19. The first-order chi connectivity index (χ1) is 12.9. The van der Waals surface area contributed by atoms with Crippen LogP contribution in [0.2, 0.25) is 0 Å². The van der Waals surface area contributed by atoms with Gasteiger partial charge in [0, 0.05) is 18.7 Å². The molecule has 1 atom stereocenters. The highest BCUT2D eigenvalue weighted by Crippen LogP contribution is 2.30. The van der Waals surface area contributed by atoms with Crippen molar-refractivity contribution < 1.29 is 23.0 Å². The molecule has 0 saturated carbocycles. The summed E-state index contributed by atoms with van der Waals surface area (Å²) in [5.74, 6) is -2.79. The Labute approximate surface area is 155 Å². The van der Waals surface area contributed by atoms with E-state index in [2.05, 4.69) is 5.32 Å². The number of amidine groups is 1. The molecule has 6 nitrogen and oxygen atoms in total. The lowest BCUT2D eigenvalue weighted by molar-refractivity contribution is -0.133. The van der Waals surface area contributed by atoms with E-state index in [1.54, 1.807) is 31.2 Å². The van der Waals surface area contributed by atoms with E-state index in [0.29, 0.717) is 5.56 Å². The molecule has 2 rings (SSSR count). The average molecular weight is 377 g/mol. The number of carbonyl (C=O) groups excluding carboxylic acids is 1. The number of benzene rings is 2. The molecule has 2 aromatic carbocycles. The van der Waals surface area contributed by atoms with Gasteiger partial charge < -0.3 is 20.5 Å². The predicted molar refractivity (Wildman–Crippen MR) is 96.6 cm³/mol. The highest BCUT2D eigenvalue weighted by molar-refractivity contribution is 5.94. The minimum absolute atomic E-state index is 0.0639. The molecule has 0 aliphatic heterocycles. The zero-order valence-electron chi connectivity index (χ0n) is 15.0. The summed E-state index contributed by atoms with van der Waals surface area (Å²) in [6, 6.07) is 8.85. The molecular formula is C19H21F2N3O3. The van der Waals surface area contributed by atoms with E-state index in [9.17, 15) is 13.6 Å². The number of hydrogen-bond donors (Lipinski definition) is 3. The number of amides is 1. The molecule has 0 saturated heterocycles. The average Bonchev–Trinajstić information content (AvgIpc) is 2.66. The van der Waals surface area contributed by atoms with Crippen molar-refractivity contribution in [2.45, 2.75) is 19.6 Å². The maximum Gasteiger partial charge on any atom is 0.254 e. The number of halogens is 2. The second-order valence-electron chi connectivity index (χ2n) is 5.64. The molecule has 0 spiro atoms. The normalized spacial score (nSPS) is 11.7. The lowest BCUT2D eigenvalue weighted by atomic mass is 10.1. The summed E-state index contributed by atoms with van der Waals surface area (Å²) < 4.78 is 38.8. The van der Waals surface area contributed by atoms with E-state index < -0.39 is 29.2 Å². The van der Waals surface area contributed by atoms with E-state index >= 15 is 0 Å². The van der Waals surface area contributed by atoms with Crippen LogP contribution < -0.4 is 15.8 Å². The van der Waals surface area contributed by atoms with Gasteiger partial charge in [-0.2, -0.15) is 0 Å². The van der Waals surface area contributed by atoms with Crippen LogP contribution in [0.5, 0.6) is 5.75 Å². The van der Waals surface area contributed by atoms with Crippen LogP contribution in [0, 0.1) is 17.0 Å². The first kappa shape index (κ1) is 20.3. The minimum atomic E-state index is -1.46. The van der Waals surface area contributed by atoms with Crippen LogP contribution in [-0.4, -0.2) is 25.5 Å². The second kappa shape index (κ2) is 9.09. The number of methoxy groups -OCH3 is 1. The van der Waals surface area contributed by atoms with Crippen LogP contribution >= 0.6 is 0 Å². The maximum atomic E-state index is 14.5. The summed E-state index contributed by atoms with van der Waals surface area (Å²) >= 11 is 0. The molecule has 0 aliphatic carbocycles. The summed E-state index contributed by atoms with van der Waals surface area (Å²) in [5, 5.41) is 9.96. The number of ether oxygens (including phenoxy) is 2. The first-order valence-electron chi connectivity index (χ1n) is 8.23. The number of carbonyl (C=O) groups is 1. The zero-order valence-corrected chi connectivity index (χ0v) is 15.0. The van der Waals surface area contributed by atoms with Gasteiger partial charge in [0.05, 0.1) is 12.7 Å². The Morgan fingerprint density at radius 2 is 1.89 bits per heavy atom. The van der Waals surface area contributed by atoms with Gasteiger partial charge in [-0.05, 0) is 24.6 Å². The van der Waals surface area contributed by atoms with Gasteiger partial charge in [0.15, 0.2) is 17.7 Å². The van der Waals surface area contributed by atoms with E-state index in [0.717, 1.165) is 17.7 Å². The Morgan fingerprint density at radius 3 is 2.44 bits per heavy atom. The van der Waals surface area contributed by atoms with Gasteiger partial charge in [-0.15, -0.1) is 0 Å². The van der Waals surface area contributed by atoms with Crippen molar-refractivity contribution in [2.75, 3.05) is 13.7 Å². The van der Waals surface area contributed by atoms with Crippen LogP contribution in [0.1, 0.15) is 29.7 Å². The summed E-state index contributed by atoms with van der Waals surface area (Å²) in [7, 11) is 1.25. The second-order valence-corrected chi connectivity index (χ2v) is 5.64. The molecule has 0 fully saturated rings. The van der Waals surface area contributed by atoms with E-state index in [1.807, 2.05) is 0 Å². The van der Waals surface area contributed by atoms with Gasteiger partial charge in [-0.3, -0.25) is 10.2 Å². The number of nitrogens with one attached hydrogen (secondary N) is 2. The predicted octanol–water partition coefficient (Wildman–Crippen LogP) is 2.65. The van der Waals surface area contributed by atoms with E-state index in [-0.39, 0.29) is 24.7 Å². The fourth-order valence-electron chi connectivity index (χ4n) is 2.49. The van der Waals surface area contributed by atoms with Crippen molar-refractivity contribution in [1.82, 2.24) is 5.32 Å². The molecule has 0 heterocycles. The Morgan fingerprint density at radius 1 is 1.22 bits per heavy atom. The van der Waals surface area contributed by atoms with Crippen LogP contribution in [0.15, 0.2) is 36.4 Å². The zero-order chi connectivity index (χ0) is 20.0. The molecule has 0 bridgehead atoms. The van der Waals surface area contributed by atoms with Crippen molar-refractivity contribution >= 4 is 11.7 Å². The van der Waals surface area contributed by atoms with Crippen molar-refractivity contribution in [3.8, 4) is 5.75 Å². The SMILES string of the molecule is CCO[C@H](C(=O)NCc1ccc(C(=N)N)cc1)c1c(F)ccc(OC)c1F. The van der Waals surface area contributed by atoms with Crippen molar-refractivity contribution in [3.63, 3.8) is 0 Å². The third-order valence-electron chi connectivity index (χ3n) is 3.88. The molecule has 2 aromatic rings. The Bertz CT molecular complexity index is 826. The van der Waals surface area contributed by atoms with E-state index in [4.69, 9.17) is 20.6 Å². The molecule has 144 valence electrons. The lowest BCUT2D eigenvalue weighted by Gasteiger charge is -2.19. The summed E-state index contributed by atoms with van der Waals surface area (Å²) in [6.07, 6.45) is -1.46. The van der Waals surface area contributed by atoms with Crippen LogP contribution in [-0.2, 0) is 16.1 Å². The summed E-state index contributed by atoms with van der Waals surface area (Å²) in [5.41, 5.74) is 6.18. The molecule has 8 heteroatoms. The van der Waals surface area contributed by atoms with Gasteiger partial charge in [0.25, 0.3) is 5.91 Å². The van der Waals surface area contributed by atoms with Gasteiger partial charge in [0.1, 0.15) is 11.7 Å². The standard InChI is InChI=1S/C19H21F2N3O3/c1-3-27-17(15-13(20)8-9-14(26-2)16(15)21)19(25)24-10-11-4-6-12(7-5-11)18(22)23/h4-9,17H,3,10H2,1-2H3,(H3,22,23)(H,24,25)/t17-/m0/s1. The molecule has 4 N–H and O–H groups in total. The first-order valence-corrected chi connectivity index (χ1v) is 8.23. The largest absolute Gasteiger partial charge is 0.494 e. The van der Waals surface area contributed by atoms with Crippen LogP contribution in [0.25, 0.3) is 0 Å². The third kappa shape index (κ3) is 4.79. The van der Waals surface area contributed by atoms with Crippen molar-refractivity contribution in [3.05, 3.63) is 64.7 Å². The third-order valence-corrected chi connectivity index (χ3v) is 3.88. The van der Waals surface area contributed by atoms with Crippen LogP contribution in [0.3, 0.4) is 0 Å². The van der Waals surface area contributed by atoms with Crippen LogP contribution in [0.4, 0.5) is 8.78 Å². The Hall–Kier alpha value is -3.00. The summed E-state index contributed by atoms with van der Waals surface area (Å²) in [4.78, 5) is 12.5. The molecule has 0 radical (unpaired) electrons. The molecule has 0 aliphatic rings. The number of rotatable bonds is 8. The lowest BCUT2D eigenvalue weighted by Crippen LogP contribution is -2.31. The molecule has 0 unspecified atom stereocenters. The number of hydrogen-bond acceptors (Lipinski definition) is 4. The highest BCUT2D eigenvalue weighted by Gasteiger charge is 2.29. The molecule has 0 aromatic heterocycles. The van der Waals surface area contributed by atoms with Gasteiger partial charge in [0.2, 0.25) is 0 Å². The van der Waals surface area contributed by atoms with Gasteiger partial charge in [-0.25, -0.2) is 8.78 Å². The fourth-order valence-corrected chi connectivity index (χ4v) is 2.49. The van der Waals surface area contributed by atoms with E-state index in [1.165, 1.54) is 7.11 Å². The minimum Gasteiger partial charge on any atom is -0.494 e. The fraction of sp³-hybridized carbons (Fsp3) is 0.263. The number of nitrogen functional groups attached to an aromatic ring is 1. The Kier molecular flexibility index (Phi) is 6.84. The number of nitrogens with two attached hydrogens (primary N) is 1. The monoisotopic (exact) mass is 377 g/mol. The summed E-state index contributed by atoms with van der Waals surface area (Å²) in [6.45, 7) is 1.83. The maximum absolute atomic E-state index is 14.5. The molecule has 1 amide bonds. The van der Waals surface area contributed by atoms with Gasteiger partial charge in [-0.1, -0.05) is 24.3 Å². The topological polar surface area (TPSA) is 97.4 Å². The van der Waals surface area contributed by atoms with Crippen molar-refractivity contribution in [2.24, 2.45) is 5.73 Å². The molecular weight excluding hydrogens is 356 g/mol. The van der Waals surface area contributed by atoms with Gasteiger partial charge >= 0.3 is 0 Å². The highest BCUT2D eigenvalue weighted by atomic mass is 19.1. The molecule has 27 heavy (non-hydrogen) atoms. The quantitative estimate of drug-likeness (QED) is 0.487. The van der Waals surface area contributed by atoms with Crippen molar-refractivity contribution in [1.29, 1.82) is 5.41 Å².